The lowest BCUT2D eigenvalue weighted by Crippen LogP contribution is -2.52. The lowest BCUT2D eigenvalue weighted by molar-refractivity contribution is -0.138. The normalized spacial score (nSPS) is 24.9. The molecule has 0 bridgehead atoms. The number of carbonyl (C=O) groups excluding carboxylic acids is 2. The van der Waals surface area contributed by atoms with Crippen LogP contribution in [0.25, 0.3) is 0 Å². The standard InChI is InChI=1S/C17H21N3O4/c1-18-16(21)9-13(17(18)22)20-6-4-19(5-7-20)10-12-2-3-14-15(8-12)24-11-23-14/h2-3,8,13H,4-7,9-11H2,1H3/t13-/m1/s1. The van der Waals surface area contributed by atoms with Gasteiger partial charge in [-0.05, 0) is 17.7 Å². The van der Waals surface area contributed by atoms with Gasteiger partial charge in [0.05, 0.1) is 12.5 Å². The van der Waals surface area contributed by atoms with Gasteiger partial charge in [-0.15, -0.1) is 0 Å². The third kappa shape index (κ3) is 2.74. The van der Waals surface area contributed by atoms with Crippen molar-refractivity contribution >= 4 is 11.8 Å². The number of nitrogens with zero attached hydrogens (tertiary/aromatic N) is 3. The number of ether oxygens (including phenoxy) is 2. The molecule has 2 fully saturated rings. The van der Waals surface area contributed by atoms with Crippen LogP contribution in [-0.4, -0.2) is 72.6 Å². The van der Waals surface area contributed by atoms with Gasteiger partial charge >= 0.3 is 0 Å². The second-order valence-electron chi connectivity index (χ2n) is 6.51. The molecule has 0 unspecified atom stereocenters. The van der Waals surface area contributed by atoms with Crippen molar-refractivity contribution in [1.82, 2.24) is 14.7 Å². The zero-order chi connectivity index (χ0) is 16.7. The molecule has 1 atom stereocenters. The Hall–Kier alpha value is -2.12. The number of carbonyl (C=O) groups is 2. The predicted octanol–water partition coefficient (Wildman–Crippen LogP) is 0.290. The van der Waals surface area contributed by atoms with Crippen LogP contribution >= 0.6 is 0 Å². The molecule has 2 saturated heterocycles. The Morgan fingerprint density at radius 3 is 2.54 bits per heavy atom. The number of benzene rings is 1. The van der Waals surface area contributed by atoms with Crippen molar-refractivity contribution in [1.29, 1.82) is 0 Å². The third-order valence-electron chi connectivity index (χ3n) is 5.05. The van der Waals surface area contributed by atoms with Crippen LogP contribution in [0, 0.1) is 0 Å². The Morgan fingerprint density at radius 2 is 1.83 bits per heavy atom. The molecule has 0 N–H and O–H groups in total. The highest BCUT2D eigenvalue weighted by molar-refractivity contribution is 6.05. The Morgan fingerprint density at radius 1 is 1.08 bits per heavy atom. The summed E-state index contributed by atoms with van der Waals surface area (Å²) in [5, 5.41) is 0. The van der Waals surface area contributed by atoms with Gasteiger partial charge in [0.1, 0.15) is 0 Å². The van der Waals surface area contributed by atoms with Crippen molar-refractivity contribution in [3.63, 3.8) is 0 Å². The van der Waals surface area contributed by atoms with E-state index < -0.39 is 0 Å². The highest BCUT2D eigenvalue weighted by atomic mass is 16.7. The van der Waals surface area contributed by atoms with E-state index in [-0.39, 0.29) is 17.9 Å². The van der Waals surface area contributed by atoms with Crippen molar-refractivity contribution in [2.75, 3.05) is 40.0 Å². The first-order valence-corrected chi connectivity index (χ1v) is 8.27. The highest BCUT2D eigenvalue weighted by Crippen LogP contribution is 2.33. The lowest BCUT2D eigenvalue weighted by atomic mass is 10.1. The van der Waals surface area contributed by atoms with Crippen molar-refractivity contribution in [2.45, 2.75) is 19.0 Å². The maximum atomic E-state index is 12.1. The van der Waals surface area contributed by atoms with E-state index in [1.807, 2.05) is 12.1 Å². The van der Waals surface area contributed by atoms with Gasteiger partial charge in [0.2, 0.25) is 18.6 Å². The van der Waals surface area contributed by atoms with Gasteiger partial charge < -0.3 is 9.47 Å². The molecule has 0 saturated carbocycles. The largest absolute Gasteiger partial charge is 0.454 e. The number of amides is 2. The predicted molar refractivity (Wildman–Crippen MR) is 85.6 cm³/mol. The first kappa shape index (κ1) is 15.4. The first-order valence-electron chi connectivity index (χ1n) is 8.27. The molecule has 0 radical (unpaired) electrons. The summed E-state index contributed by atoms with van der Waals surface area (Å²) in [5.41, 5.74) is 1.19. The number of hydrogen-bond acceptors (Lipinski definition) is 6. The van der Waals surface area contributed by atoms with Crippen molar-refractivity contribution in [2.24, 2.45) is 0 Å². The minimum absolute atomic E-state index is 0.0655. The van der Waals surface area contributed by atoms with E-state index in [4.69, 9.17) is 9.47 Å². The topological polar surface area (TPSA) is 62.3 Å². The van der Waals surface area contributed by atoms with E-state index in [0.29, 0.717) is 13.2 Å². The van der Waals surface area contributed by atoms with Crippen LogP contribution in [0.15, 0.2) is 18.2 Å². The Kier molecular flexibility index (Phi) is 3.90. The van der Waals surface area contributed by atoms with Crippen LogP contribution in [0.5, 0.6) is 11.5 Å². The molecule has 0 aliphatic carbocycles. The SMILES string of the molecule is CN1C(=O)C[C@@H](N2CCN(Cc3ccc4c(c3)OCO4)CC2)C1=O. The average molecular weight is 331 g/mol. The third-order valence-corrected chi connectivity index (χ3v) is 5.05. The number of fused-ring (bicyclic) bond motifs is 1. The highest BCUT2D eigenvalue weighted by Gasteiger charge is 2.40. The van der Waals surface area contributed by atoms with Crippen LogP contribution in [0.4, 0.5) is 0 Å². The fourth-order valence-corrected chi connectivity index (χ4v) is 3.55. The summed E-state index contributed by atoms with van der Waals surface area (Å²) in [6.07, 6.45) is 0.317. The smallest absolute Gasteiger partial charge is 0.246 e. The second kappa shape index (κ2) is 6.07. The molecule has 128 valence electrons. The molecule has 3 heterocycles. The molecule has 2 amide bonds. The number of likely N-dealkylation sites (tertiary alicyclic amines) is 1. The summed E-state index contributed by atoms with van der Waals surface area (Å²) in [5.74, 6) is 1.47. The van der Waals surface area contributed by atoms with Crippen molar-refractivity contribution in [3.05, 3.63) is 23.8 Å². The Balaban J connectivity index is 1.33. The van der Waals surface area contributed by atoms with E-state index >= 15 is 0 Å². The summed E-state index contributed by atoms with van der Waals surface area (Å²) >= 11 is 0. The molecule has 1 aromatic carbocycles. The fraction of sp³-hybridized carbons (Fsp3) is 0.529. The van der Waals surface area contributed by atoms with Gasteiger partial charge in [0, 0.05) is 39.8 Å². The Labute approximate surface area is 140 Å². The molecular formula is C17H21N3O4. The molecule has 24 heavy (non-hydrogen) atoms. The quantitative estimate of drug-likeness (QED) is 0.742. The van der Waals surface area contributed by atoms with Crippen LogP contribution < -0.4 is 9.47 Å². The second-order valence-corrected chi connectivity index (χ2v) is 6.51. The number of hydrogen-bond donors (Lipinski definition) is 0. The maximum absolute atomic E-state index is 12.1. The molecule has 0 aromatic heterocycles. The summed E-state index contributed by atoms with van der Waals surface area (Å²) in [6, 6.07) is 5.78. The average Bonchev–Trinajstić information content (AvgIpc) is 3.15. The van der Waals surface area contributed by atoms with E-state index in [0.717, 1.165) is 44.2 Å². The lowest BCUT2D eigenvalue weighted by Gasteiger charge is -2.36. The van der Waals surface area contributed by atoms with Gasteiger partial charge in [0.15, 0.2) is 11.5 Å². The monoisotopic (exact) mass is 331 g/mol. The fourth-order valence-electron chi connectivity index (χ4n) is 3.55. The molecular weight excluding hydrogens is 310 g/mol. The summed E-state index contributed by atoms with van der Waals surface area (Å²) in [4.78, 5) is 29.6. The number of likely N-dealkylation sites (N-methyl/N-ethyl adjacent to an activating group) is 1. The number of rotatable bonds is 3. The Bertz CT molecular complexity index is 670. The van der Waals surface area contributed by atoms with Crippen LogP contribution in [0.1, 0.15) is 12.0 Å². The van der Waals surface area contributed by atoms with E-state index in [1.165, 1.54) is 10.5 Å². The number of imide groups is 1. The van der Waals surface area contributed by atoms with E-state index in [1.54, 1.807) is 7.05 Å². The van der Waals surface area contributed by atoms with Gasteiger partial charge in [-0.25, -0.2) is 0 Å². The molecule has 7 nitrogen and oxygen atoms in total. The van der Waals surface area contributed by atoms with Crippen LogP contribution in [0.3, 0.4) is 0 Å². The molecule has 1 aromatic rings. The van der Waals surface area contributed by atoms with Crippen LogP contribution in [-0.2, 0) is 16.1 Å². The minimum atomic E-state index is -0.268. The maximum Gasteiger partial charge on any atom is 0.246 e. The molecule has 3 aliphatic rings. The van der Waals surface area contributed by atoms with Gasteiger partial charge in [-0.1, -0.05) is 6.07 Å². The first-order chi connectivity index (χ1) is 11.6. The minimum Gasteiger partial charge on any atom is -0.454 e. The zero-order valence-corrected chi connectivity index (χ0v) is 13.7. The summed E-state index contributed by atoms with van der Waals surface area (Å²) in [6.45, 7) is 4.53. The summed E-state index contributed by atoms with van der Waals surface area (Å²) in [7, 11) is 1.57. The molecule has 3 aliphatic heterocycles. The molecule has 7 heteroatoms. The van der Waals surface area contributed by atoms with E-state index in [9.17, 15) is 9.59 Å². The molecule has 0 spiro atoms. The number of piperazine rings is 1. The van der Waals surface area contributed by atoms with Crippen molar-refractivity contribution in [3.8, 4) is 11.5 Å². The van der Waals surface area contributed by atoms with Crippen LogP contribution in [0.2, 0.25) is 0 Å². The van der Waals surface area contributed by atoms with Gasteiger partial charge in [-0.2, -0.15) is 0 Å². The van der Waals surface area contributed by atoms with E-state index in [2.05, 4.69) is 15.9 Å². The van der Waals surface area contributed by atoms with Gasteiger partial charge in [-0.3, -0.25) is 24.3 Å². The summed E-state index contributed by atoms with van der Waals surface area (Å²) < 4.78 is 10.8. The van der Waals surface area contributed by atoms with Gasteiger partial charge in [0.25, 0.3) is 0 Å². The molecule has 4 rings (SSSR count). The van der Waals surface area contributed by atoms with Crippen molar-refractivity contribution < 1.29 is 19.1 Å². The zero-order valence-electron chi connectivity index (χ0n) is 13.7.